The minimum absolute atomic E-state index is 0.153. The SMILES string of the molecule is O=S(=O)(c1ccc(F)cc1F)N1CCN(c2cc(-n3cccn3)ncn2)CC1. The topological polar surface area (TPSA) is 84.2 Å². The molecule has 0 unspecified atom stereocenters. The van der Waals surface area contributed by atoms with Crippen molar-refractivity contribution in [2.75, 3.05) is 31.1 Å². The first-order valence-electron chi connectivity index (χ1n) is 8.47. The number of hydrogen-bond donors (Lipinski definition) is 0. The number of sulfonamides is 1. The molecule has 0 bridgehead atoms. The molecule has 3 heterocycles. The fraction of sp³-hybridized carbons (Fsp3) is 0.235. The van der Waals surface area contributed by atoms with Crippen LogP contribution in [-0.2, 0) is 10.0 Å². The molecule has 1 aliphatic heterocycles. The largest absolute Gasteiger partial charge is 0.354 e. The number of halogens is 2. The van der Waals surface area contributed by atoms with Crippen molar-refractivity contribution in [2.45, 2.75) is 4.90 Å². The molecule has 1 saturated heterocycles. The third kappa shape index (κ3) is 3.45. The first-order valence-corrected chi connectivity index (χ1v) is 9.91. The first kappa shape index (κ1) is 18.4. The predicted molar refractivity (Wildman–Crippen MR) is 96.5 cm³/mol. The molecule has 8 nitrogen and oxygen atoms in total. The molecule has 0 radical (unpaired) electrons. The van der Waals surface area contributed by atoms with Crippen molar-refractivity contribution in [1.82, 2.24) is 24.1 Å². The molecule has 0 amide bonds. The molecule has 11 heteroatoms. The lowest BCUT2D eigenvalue weighted by molar-refractivity contribution is 0.381. The van der Waals surface area contributed by atoms with Gasteiger partial charge in [0.25, 0.3) is 0 Å². The third-order valence-corrected chi connectivity index (χ3v) is 6.38. The number of nitrogens with zero attached hydrogens (tertiary/aromatic N) is 6. The Kier molecular flexibility index (Phi) is 4.77. The van der Waals surface area contributed by atoms with Crippen molar-refractivity contribution >= 4 is 15.8 Å². The molecule has 0 spiro atoms. The van der Waals surface area contributed by atoms with E-state index >= 15 is 0 Å². The summed E-state index contributed by atoms with van der Waals surface area (Å²) >= 11 is 0. The summed E-state index contributed by atoms with van der Waals surface area (Å²) in [5.74, 6) is -0.677. The number of piperazine rings is 1. The van der Waals surface area contributed by atoms with E-state index in [9.17, 15) is 17.2 Å². The summed E-state index contributed by atoms with van der Waals surface area (Å²) < 4.78 is 55.2. The van der Waals surface area contributed by atoms with Crippen LogP contribution in [0.25, 0.3) is 5.82 Å². The predicted octanol–water partition coefficient (Wildman–Crippen LogP) is 1.45. The van der Waals surface area contributed by atoms with E-state index in [0.717, 1.165) is 12.1 Å². The van der Waals surface area contributed by atoms with E-state index < -0.39 is 26.6 Å². The lowest BCUT2D eigenvalue weighted by Gasteiger charge is -2.34. The second-order valence-electron chi connectivity index (χ2n) is 6.15. The fourth-order valence-corrected chi connectivity index (χ4v) is 4.49. The van der Waals surface area contributed by atoms with Crippen molar-refractivity contribution in [2.24, 2.45) is 0 Å². The van der Waals surface area contributed by atoms with Crippen molar-refractivity contribution in [3.63, 3.8) is 0 Å². The Morgan fingerprint density at radius 3 is 2.39 bits per heavy atom. The lowest BCUT2D eigenvalue weighted by Crippen LogP contribution is -2.49. The highest BCUT2D eigenvalue weighted by molar-refractivity contribution is 7.89. The summed E-state index contributed by atoms with van der Waals surface area (Å²) in [5, 5.41) is 4.12. The molecular weight excluding hydrogens is 390 g/mol. The molecule has 0 saturated carbocycles. The summed E-state index contributed by atoms with van der Waals surface area (Å²) in [4.78, 5) is 9.81. The average molecular weight is 406 g/mol. The number of anilines is 1. The van der Waals surface area contributed by atoms with E-state index in [1.807, 2.05) is 4.90 Å². The molecule has 0 N–H and O–H groups in total. The minimum atomic E-state index is -4.04. The Bertz CT molecular complexity index is 1080. The smallest absolute Gasteiger partial charge is 0.246 e. The molecule has 4 rings (SSSR count). The zero-order chi connectivity index (χ0) is 19.7. The summed E-state index contributed by atoms with van der Waals surface area (Å²) in [6, 6.07) is 5.99. The molecule has 0 aliphatic carbocycles. The lowest BCUT2D eigenvalue weighted by atomic mass is 10.3. The molecule has 1 aliphatic rings. The van der Waals surface area contributed by atoms with Gasteiger partial charge in [0.2, 0.25) is 10.0 Å². The Labute approximate surface area is 160 Å². The van der Waals surface area contributed by atoms with Crippen molar-refractivity contribution in [1.29, 1.82) is 0 Å². The zero-order valence-electron chi connectivity index (χ0n) is 14.6. The highest BCUT2D eigenvalue weighted by Crippen LogP contribution is 2.23. The molecule has 1 fully saturated rings. The normalized spacial score (nSPS) is 15.7. The van der Waals surface area contributed by atoms with Gasteiger partial charge in [0.1, 0.15) is 28.7 Å². The van der Waals surface area contributed by atoms with Gasteiger partial charge in [-0.3, -0.25) is 0 Å². The van der Waals surface area contributed by atoms with E-state index in [-0.39, 0.29) is 13.1 Å². The minimum Gasteiger partial charge on any atom is -0.354 e. The van der Waals surface area contributed by atoms with Crippen LogP contribution in [0.4, 0.5) is 14.6 Å². The van der Waals surface area contributed by atoms with Crippen LogP contribution >= 0.6 is 0 Å². The summed E-state index contributed by atoms with van der Waals surface area (Å²) in [5.41, 5.74) is 0. The van der Waals surface area contributed by atoms with Gasteiger partial charge >= 0.3 is 0 Å². The Morgan fingerprint density at radius 2 is 1.71 bits per heavy atom. The summed E-state index contributed by atoms with van der Waals surface area (Å²) in [7, 11) is -4.04. The van der Waals surface area contributed by atoms with Crippen LogP contribution in [-0.4, -0.2) is 58.7 Å². The number of rotatable bonds is 4. The maximum atomic E-state index is 13.9. The maximum Gasteiger partial charge on any atom is 0.246 e. The van der Waals surface area contributed by atoms with Gasteiger partial charge in [-0.15, -0.1) is 0 Å². The third-order valence-electron chi connectivity index (χ3n) is 4.45. The van der Waals surface area contributed by atoms with Crippen LogP contribution in [0.2, 0.25) is 0 Å². The van der Waals surface area contributed by atoms with Crippen LogP contribution in [0, 0.1) is 11.6 Å². The molecule has 2 aromatic heterocycles. The Hall–Kier alpha value is -2.92. The second-order valence-corrected chi connectivity index (χ2v) is 8.06. The van der Waals surface area contributed by atoms with E-state index in [1.165, 1.54) is 10.6 Å². The fourth-order valence-electron chi connectivity index (χ4n) is 3.02. The highest BCUT2D eigenvalue weighted by atomic mass is 32.2. The van der Waals surface area contributed by atoms with Crippen molar-refractivity contribution in [3.8, 4) is 5.82 Å². The van der Waals surface area contributed by atoms with Gasteiger partial charge in [0.05, 0.1) is 0 Å². The van der Waals surface area contributed by atoms with Gasteiger partial charge in [-0.2, -0.15) is 9.40 Å². The number of benzene rings is 1. The van der Waals surface area contributed by atoms with Crippen LogP contribution in [0.15, 0.2) is 53.9 Å². The van der Waals surface area contributed by atoms with Gasteiger partial charge in [0, 0.05) is 50.7 Å². The van der Waals surface area contributed by atoms with E-state index in [2.05, 4.69) is 15.1 Å². The van der Waals surface area contributed by atoms with Crippen LogP contribution in [0.3, 0.4) is 0 Å². The van der Waals surface area contributed by atoms with Crippen LogP contribution in [0.5, 0.6) is 0 Å². The van der Waals surface area contributed by atoms with E-state index in [0.29, 0.717) is 30.8 Å². The second kappa shape index (κ2) is 7.24. The number of aromatic nitrogens is 4. The number of hydrogen-bond acceptors (Lipinski definition) is 6. The van der Waals surface area contributed by atoms with E-state index in [1.54, 1.807) is 29.2 Å². The van der Waals surface area contributed by atoms with Crippen molar-refractivity contribution < 1.29 is 17.2 Å². The Morgan fingerprint density at radius 1 is 0.964 bits per heavy atom. The monoisotopic (exact) mass is 406 g/mol. The molecule has 146 valence electrons. The van der Waals surface area contributed by atoms with Gasteiger partial charge < -0.3 is 4.90 Å². The average Bonchev–Trinajstić information content (AvgIpc) is 3.23. The molecular formula is C17H16F2N6O2S. The maximum absolute atomic E-state index is 13.9. The van der Waals surface area contributed by atoms with Gasteiger partial charge in [-0.1, -0.05) is 0 Å². The zero-order valence-corrected chi connectivity index (χ0v) is 15.4. The van der Waals surface area contributed by atoms with Crippen molar-refractivity contribution in [3.05, 3.63) is 60.7 Å². The summed E-state index contributed by atoms with van der Waals surface area (Å²) in [6.07, 6.45) is 4.82. The highest BCUT2D eigenvalue weighted by Gasteiger charge is 2.31. The summed E-state index contributed by atoms with van der Waals surface area (Å²) in [6.45, 7) is 1.05. The standard InChI is InChI=1S/C17H16F2N6O2S/c18-13-2-3-15(14(19)10-13)28(26,27)24-8-6-23(7-9-24)16-11-17(21-12-20-16)25-5-1-4-22-25/h1-5,10-12H,6-9H2. The van der Waals surface area contributed by atoms with Gasteiger partial charge in [-0.05, 0) is 18.2 Å². The quantitative estimate of drug-likeness (QED) is 0.652. The van der Waals surface area contributed by atoms with Gasteiger partial charge in [0.15, 0.2) is 5.82 Å². The molecule has 1 aromatic carbocycles. The van der Waals surface area contributed by atoms with Crippen LogP contribution in [0.1, 0.15) is 0 Å². The van der Waals surface area contributed by atoms with Crippen LogP contribution < -0.4 is 4.90 Å². The first-order chi connectivity index (χ1) is 13.4. The van der Waals surface area contributed by atoms with Gasteiger partial charge in [-0.25, -0.2) is 31.8 Å². The van der Waals surface area contributed by atoms with E-state index in [4.69, 9.17) is 0 Å². The molecule has 3 aromatic rings. The molecule has 0 atom stereocenters. The Balaban J connectivity index is 1.50. The molecule has 28 heavy (non-hydrogen) atoms.